The van der Waals surface area contributed by atoms with Crippen LogP contribution in [0.1, 0.15) is 29.2 Å². The second kappa shape index (κ2) is 5.95. The highest BCUT2D eigenvalue weighted by Crippen LogP contribution is 2.33. The summed E-state index contributed by atoms with van der Waals surface area (Å²) in [5, 5.41) is 2.74. The molecular formula is C17H16FNO2. The standard InChI is InChI=1S/C17H16FNO2/c18-14-8-4-7-13-9-10-15(16(13)14)19-17(20)21-11-12-5-2-1-3-6-12/h1-8,15H,9-11H2,(H,19,20). The number of benzene rings is 2. The zero-order valence-corrected chi connectivity index (χ0v) is 11.5. The molecule has 21 heavy (non-hydrogen) atoms. The highest BCUT2D eigenvalue weighted by atomic mass is 19.1. The molecule has 0 saturated carbocycles. The van der Waals surface area contributed by atoms with E-state index in [1.165, 1.54) is 6.07 Å². The molecule has 1 aliphatic carbocycles. The van der Waals surface area contributed by atoms with Gasteiger partial charge in [-0.2, -0.15) is 0 Å². The van der Waals surface area contributed by atoms with Crippen LogP contribution < -0.4 is 5.32 Å². The summed E-state index contributed by atoms with van der Waals surface area (Å²) in [5.41, 5.74) is 2.48. The Bertz CT molecular complexity index is 642. The van der Waals surface area contributed by atoms with Crippen LogP contribution in [0.4, 0.5) is 9.18 Å². The molecule has 3 rings (SSSR count). The van der Waals surface area contributed by atoms with Crippen molar-refractivity contribution in [2.45, 2.75) is 25.5 Å². The lowest BCUT2D eigenvalue weighted by atomic mass is 10.1. The molecule has 108 valence electrons. The molecule has 0 spiro atoms. The molecule has 1 atom stereocenters. The third-order valence-electron chi connectivity index (χ3n) is 3.70. The number of hydrogen-bond acceptors (Lipinski definition) is 2. The van der Waals surface area contributed by atoms with Gasteiger partial charge in [-0.3, -0.25) is 0 Å². The smallest absolute Gasteiger partial charge is 0.407 e. The number of alkyl carbamates (subject to hydrolysis) is 1. The van der Waals surface area contributed by atoms with E-state index in [0.29, 0.717) is 12.0 Å². The first-order valence-corrected chi connectivity index (χ1v) is 6.98. The van der Waals surface area contributed by atoms with E-state index in [9.17, 15) is 9.18 Å². The van der Waals surface area contributed by atoms with Gasteiger partial charge in [-0.25, -0.2) is 9.18 Å². The largest absolute Gasteiger partial charge is 0.445 e. The van der Waals surface area contributed by atoms with Crippen molar-refractivity contribution in [3.8, 4) is 0 Å². The molecule has 0 aromatic heterocycles. The van der Waals surface area contributed by atoms with Gasteiger partial charge in [-0.1, -0.05) is 42.5 Å². The predicted molar refractivity (Wildman–Crippen MR) is 77.2 cm³/mol. The third kappa shape index (κ3) is 3.05. The van der Waals surface area contributed by atoms with E-state index in [-0.39, 0.29) is 18.5 Å². The molecule has 3 nitrogen and oxygen atoms in total. The van der Waals surface area contributed by atoms with Crippen LogP contribution in [0.25, 0.3) is 0 Å². The maximum Gasteiger partial charge on any atom is 0.407 e. The number of aryl methyl sites for hydroxylation is 1. The van der Waals surface area contributed by atoms with Crippen molar-refractivity contribution < 1.29 is 13.9 Å². The predicted octanol–water partition coefficient (Wildman–Crippen LogP) is 3.74. The molecule has 0 aliphatic heterocycles. The van der Waals surface area contributed by atoms with Gasteiger partial charge in [0.05, 0.1) is 6.04 Å². The fourth-order valence-electron chi connectivity index (χ4n) is 2.69. The number of ether oxygens (including phenoxy) is 1. The van der Waals surface area contributed by atoms with Crippen LogP contribution >= 0.6 is 0 Å². The van der Waals surface area contributed by atoms with E-state index in [0.717, 1.165) is 17.5 Å². The molecule has 2 aromatic carbocycles. The fraction of sp³-hybridized carbons (Fsp3) is 0.235. The van der Waals surface area contributed by atoms with Crippen molar-refractivity contribution in [2.75, 3.05) is 0 Å². The minimum absolute atomic E-state index is 0.212. The highest BCUT2D eigenvalue weighted by Gasteiger charge is 2.27. The van der Waals surface area contributed by atoms with Gasteiger partial charge >= 0.3 is 6.09 Å². The van der Waals surface area contributed by atoms with Crippen molar-refractivity contribution in [3.05, 3.63) is 71.0 Å². The Labute approximate surface area is 122 Å². The summed E-state index contributed by atoms with van der Waals surface area (Å²) >= 11 is 0. The van der Waals surface area contributed by atoms with Gasteiger partial charge in [0.1, 0.15) is 12.4 Å². The van der Waals surface area contributed by atoms with E-state index in [2.05, 4.69) is 5.32 Å². The number of rotatable bonds is 3. The Balaban J connectivity index is 1.60. The van der Waals surface area contributed by atoms with Gasteiger partial charge in [0.2, 0.25) is 0 Å². The van der Waals surface area contributed by atoms with Crippen LogP contribution in [0.3, 0.4) is 0 Å². The minimum atomic E-state index is -0.514. The summed E-state index contributed by atoms with van der Waals surface area (Å²) in [5.74, 6) is -0.265. The zero-order chi connectivity index (χ0) is 14.7. The molecule has 0 heterocycles. The summed E-state index contributed by atoms with van der Waals surface area (Å²) < 4.78 is 19.0. The monoisotopic (exact) mass is 285 g/mol. The van der Waals surface area contributed by atoms with Crippen molar-refractivity contribution in [2.24, 2.45) is 0 Å². The SMILES string of the molecule is O=C(NC1CCc2cccc(F)c21)OCc1ccccc1. The lowest BCUT2D eigenvalue weighted by Crippen LogP contribution is -2.28. The molecule has 0 fully saturated rings. The molecule has 0 bridgehead atoms. The topological polar surface area (TPSA) is 38.3 Å². The number of halogens is 1. The normalized spacial score (nSPS) is 16.3. The van der Waals surface area contributed by atoms with Crippen molar-refractivity contribution in [1.29, 1.82) is 0 Å². The number of nitrogens with one attached hydrogen (secondary N) is 1. The van der Waals surface area contributed by atoms with Crippen LogP contribution in [-0.2, 0) is 17.8 Å². The van der Waals surface area contributed by atoms with Crippen molar-refractivity contribution >= 4 is 6.09 Å². The second-order valence-electron chi connectivity index (χ2n) is 5.11. The lowest BCUT2D eigenvalue weighted by molar-refractivity contribution is 0.135. The van der Waals surface area contributed by atoms with E-state index < -0.39 is 6.09 Å². The lowest BCUT2D eigenvalue weighted by Gasteiger charge is -2.14. The van der Waals surface area contributed by atoms with Crippen LogP contribution in [0.2, 0.25) is 0 Å². The Morgan fingerprint density at radius 1 is 1.19 bits per heavy atom. The molecule has 1 unspecified atom stereocenters. The van der Waals surface area contributed by atoms with Crippen LogP contribution in [0.5, 0.6) is 0 Å². The molecule has 2 aromatic rings. The van der Waals surface area contributed by atoms with Gasteiger partial charge in [-0.05, 0) is 30.0 Å². The summed E-state index contributed by atoms with van der Waals surface area (Å²) in [6, 6.07) is 14.2. The van der Waals surface area contributed by atoms with E-state index in [4.69, 9.17) is 4.74 Å². The molecule has 0 radical (unpaired) electrons. The highest BCUT2D eigenvalue weighted by molar-refractivity contribution is 5.68. The number of fused-ring (bicyclic) bond motifs is 1. The first-order chi connectivity index (χ1) is 10.2. The molecule has 1 amide bonds. The third-order valence-corrected chi connectivity index (χ3v) is 3.70. The Morgan fingerprint density at radius 2 is 2.00 bits per heavy atom. The quantitative estimate of drug-likeness (QED) is 0.933. The van der Waals surface area contributed by atoms with E-state index in [1.54, 1.807) is 6.07 Å². The number of amides is 1. The Hall–Kier alpha value is -2.36. The fourth-order valence-corrected chi connectivity index (χ4v) is 2.69. The van der Waals surface area contributed by atoms with Gasteiger partial charge < -0.3 is 10.1 Å². The van der Waals surface area contributed by atoms with Gasteiger partial charge in [0.25, 0.3) is 0 Å². The van der Waals surface area contributed by atoms with Crippen LogP contribution in [0.15, 0.2) is 48.5 Å². The van der Waals surface area contributed by atoms with Crippen molar-refractivity contribution in [3.63, 3.8) is 0 Å². The maximum atomic E-state index is 13.8. The Kier molecular flexibility index (Phi) is 3.86. The van der Waals surface area contributed by atoms with Gasteiger partial charge in [-0.15, -0.1) is 0 Å². The summed E-state index contributed by atoms with van der Waals surface area (Å²) in [7, 11) is 0. The molecule has 1 N–H and O–H groups in total. The first-order valence-electron chi connectivity index (χ1n) is 6.98. The number of carbonyl (C=O) groups excluding carboxylic acids is 1. The molecule has 0 saturated heterocycles. The van der Waals surface area contributed by atoms with Crippen LogP contribution in [0, 0.1) is 5.82 Å². The molecular weight excluding hydrogens is 269 g/mol. The van der Waals surface area contributed by atoms with Gasteiger partial charge in [0, 0.05) is 5.56 Å². The number of carbonyl (C=O) groups is 1. The summed E-state index contributed by atoms with van der Waals surface area (Å²) in [6.07, 6.45) is 0.966. The summed E-state index contributed by atoms with van der Waals surface area (Å²) in [6.45, 7) is 0.212. The van der Waals surface area contributed by atoms with Crippen LogP contribution in [-0.4, -0.2) is 6.09 Å². The number of hydrogen-bond donors (Lipinski definition) is 1. The van der Waals surface area contributed by atoms with E-state index in [1.807, 2.05) is 36.4 Å². The average Bonchev–Trinajstić information content (AvgIpc) is 2.91. The average molecular weight is 285 g/mol. The Morgan fingerprint density at radius 3 is 2.81 bits per heavy atom. The van der Waals surface area contributed by atoms with Crippen molar-refractivity contribution in [1.82, 2.24) is 5.32 Å². The van der Waals surface area contributed by atoms with Gasteiger partial charge in [0.15, 0.2) is 0 Å². The molecule has 1 aliphatic rings. The zero-order valence-electron chi connectivity index (χ0n) is 11.5. The first kappa shape index (κ1) is 13.6. The summed E-state index contributed by atoms with van der Waals surface area (Å²) in [4.78, 5) is 11.8. The minimum Gasteiger partial charge on any atom is -0.445 e. The van der Waals surface area contributed by atoms with E-state index >= 15 is 0 Å². The second-order valence-corrected chi connectivity index (χ2v) is 5.11. The molecule has 4 heteroatoms. The maximum absolute atomic E-state index is 13.8.